The van der Waals surface area contributed by atoms with Crippen molar-refractivity contribution in [1.29, 1.82) is 0 Å². The molecule has 1 aromatic rings. The molecule has 0 spiro atoms. The third-order valence-corrected chi connectivity index (χ3v) is 5.30. The van der Waals surface area contributed by atoms with Crippen molar-refractivity contribution in [3.05, 3.63) is 35.4 Å². The van der Waals surface area contributed by atoms with Crippen LogP contribution in [0.15, 0.2) is 18.2 Å². The highest BCUT2D eigenvalue weighted by atomic mass is 19.1. The molecule has 0 radical (unpaired) electrons. The first kappa shape index (κ1) is 15.0. The summed E-state index contributed by atoms with van der Waals surface area (Å²) in [6.07, 6.45) is 6.81. The number of benzene rings is 1. The lowest BCUT2D eigenvalue weighted by Gasteiger charge is -2.36. The van der Waals surface area contributed by atoms with Crippen LogP contribution in [-0.4, -0.2) is 12.6 Å². The maximum absolute atomic E-state index is 14.2. The predicted molar refractivity (Wildman–Crippen MR) is 81.2 cm³/mol. The van der Waals surface area contributed by atoms with E-state index in [4.69, 9.17) is 0 Å². The van der Waals surface area contributed by atoms with Gasteiger partial charge in [-0.1, -0.05) is 25.8 Å². The van der Waals surface area contributed by atoms with Crippen LogP contribution in [0.5, 0.6) is 0 Å². The molecule has 3 unspecified atom stereocenters. The zero-order valence-corrected chi connectivity index (χ0v) is 12.7. The zero-order chi connectivity index (χ0) is 14.8. The van der Waals surface area contributed by atoms with Gasteiger partial charge in [-0.3, -0.25) is 0 Å². The predicted octanol–water partition coefficient (Wildman–Crippen LogP) is 4.63. The van der Waals surface area contributed by atoms with Gasteiger partial charge in [0.1, 0.15) is 11.6 Å². The van der Waals surface area contributed by atoms with Crippen molar-refractivity contribution in [1.82, 2.24) is 5.32 Å². The first-order valence-corrected chi connectivity index (χ1v) is 8.36. The van der Waals surface area contributed by atoms with Crippen molar-refractivity contribution in [3.63, 3.8) is 0 Å². The SMILES string of the molecule is CCC1CCC(CNC2CC2)C(c2c(F)cccc2F)C1. The fraction of sp³-hybridized carbons (Fsp3) is 0.667. The van der Waals surface area contributed by atoms with Crippen LogP contribution in [0.25, 0.3) is 0 Å². The zero-order valence-electron chi connectivity index (χ0n) is 12.7. The van der Waals surface area contributed by atoms with E-state index in [1.165, 1.54) is 37.5 Å². The molecule has 1 N–H and O–H groups in total. The van der Waals surface area contributed by atoms with Crippen molar-refractivity contribution in [2.24, 2.45) is 11.8 Å². The van der Waals surface area contributed by atoms with Crippen LogP contribution in [0.1, 0.15) is 56.9 Å². The molecular weight excluding hydrogens is 268 g/mol. The highest BCUT2D eigenvalue weighted by molar-refractivity contribution is 5.25. The van der Waals surface area contributed by atoms with Gasteiger partial charge in [-0.25, -0.2) is 8.78 Å². The molecule has 0 saturated heterocycles. The Morgan fingerprint density at radius 1 is 1.10 bits per heavy atom. The highest BCUT2D eigenvalue weighted by Gasteiger charge is 2.35. The number of rotatable bonds is 5. The van der Waals surface area contributed by atoms with Crippen molar-refractivity contribution >= 4 is 0 Å². The third-order valence-electron chi connectivity index (χ3n) is 5.30. The molecule has 0 bridgehead atoms. The van der Waals surface area contributed by atoms with E-state index in [9.17, 15) is 8.78 Å². The van der Waals surface area contributed by atoms with Crippen molar-refractivity contribution in [3.8, 4) is 0 Å². The summed E-state index contributed by atoms with van der Waals surface area (Å²) >= 11 is 0. The lowest BCUT2D eigenvalue weighted by molar-refractivity contribution is 0.218. The summed E-state index contributed by atoms with van der Waals surface area (Å²) in [5, 5.41) is 3.55. The van der Waals surface area contributed by atoms with E-state index < -0.39 is 0 Å². The maximum Gasteiger partial charge on any atom is 0.129 e. The second-order valence-corrected chi connectivity index (χ2v) is 6.77. The monoisotopic (exact) mass is 293 g/mol. The van der Waals surface area contributed by atoms with Crippen LogP contribution in [0.4, 0.5) is 8.78 Å². The molecular formula is C18H25F2N. The number of hydrogen-bond acceptors (Lipinski definition) is 1. The minimum atomic E-state index is -0.367. The standard InChI is InChI=1S/C18H25F2N/c1-2-12-6-7-13(11-21-14-8-9-14)15(10-12)18-16(19)4-3-5-17(18)20/h3-5,12-15,21H,2,6-11H2,1H3. The van der Waals surface area contributed by atoms with Gasteiger partial charge in [0.05, 0.1) is 0 Å². The van der Waals surface area contributed by atoms with Crippen LogP contribution in [-0.2, 0) is 0 Å². The molecule has 3 heteroatoms. The van der Waals surface area contributed by atoms with Crippen LogP contribution in [0.3, 0.4) is 0 Å². The van der Waals surface area contributed by atoms with Crippen molar-refractivity contribution in [2.45, 2.75) is 57.4 Å². The molecule has 21 heavy (non-hydrogen) atoms. The summed E-state index contributed by atoms with van der Waals surface area (Å²) in [4.78, 5) is 0. The minimum absolute atomic E-state index is 0.0242. The minimum Gasteiger partial charge on any atom is -0.314 e. The Kier molecular flexibility index (Phi) is 4.58. The van der Waals surface area contributed by atoms with Gasteiger partial charge >= 0.3 is 0 Å². The van der Waals surface area contributed by atoms with Gasteiger partial charge in [-0.05, 0) is 62.1 Å². The van der Waals surface area contributed by atoms with E-state index >= 15 is 0 Å². The molecule has 2 fully saturated rings. The number of nitrogens with one attached hydrogen (secondary N) is 1. The normalized spacial score (nSPS) is 29.6. The van der Waals surface area contributed by atoms with Crippen molar-refractivity contribution < 1.29 is 8.78 Å². The Labute approximate surface area is 126 Å². The largest absolute Gasteiger partial charge is 0.314 e. The van der Waals surface area contributed by atoms with Crippen LogP contribution in [0, 0.1) is 23.5 Å². The van der Waals surface area contributed by atoms with Crippen LogP contribution < -0.4 is 5.32 Å². The highest BCUT2D eigenvalue weighted by Crippen LogP contribution is 2.43. The van der Waals surface area contributed by atoms with Gasteiger partial charge in [0.2, 0.25) is 0 Å². The van der Waals surface area contributed by atoms with Gasteiger partial charge in [0, 0.05) is 11.6 Å². The second-order valence-electron chi connectivity index (χ2n) is 6.77. The lowest BCUT2D eigenvalue weighted by Crippen LogP contribution is -2.33. The topological polar surface area (TPSA) is 12.0 Å². The molecule has 0 aliphatic heterocycles. The van der Waals surface area contributed by atoms with Gasteiger partial charge in [0.15, 0.2) is 0 Å². The molecule has 2 saturated carbocycles. The molecule has 2 aliphatic carbocycles. The van der Waals surface area contributed by atoms with Crippen LogP contribution >= 0.6 is 0 Å². The summed E-state index contributed by atoms with van der Waals surface area (Å²) < 4.78 is 28.4. The Morgan fingerprint density at radius 2 is 1.81 bits per heavy atom. The average Bonchev–Trinajstić information content (AvgIpc) is 3.29. The molecule has 2 aliphatic rings. The van der Waals surface area contributed by atoms with E-state index in [0.717, 1.165) is 25.8 Å². The fourth-order valence-electron chi connectivity index (χ4n) is 3.76. The Balaban J connectivity index is 1.81. The number of hydrogen-bond donors (Lipinski definition) is 1. The summed E-state index contributed by atoms with van der Waals surface area (Å²) in [6.45, 7) is 3.09. The lowest BCUT2D eigenvalue weighted by atomic mass is 9.70. The van der Waals surface area contributed by atoms with Gasteiger partial charge in [-0.15, -0.1) is 0 Å². The molecule has 116 valence electrons. The summed E-state index contributed by atoms with van der Waals surface area (Å²) in [5.41, 5.74) is 0.332. The van der Waals surface area contributed by atoms with Crippen LogP contribution in [0.2, 0.25) is 0 Å². The summed E-state index contributed by atoms with van der Waals surface area (Å²) in [7, 11) is 0. The van der Waals surface area contributed by atoms with Gasteiger partial charge in [-0.2, -0.15) is 0 Å². The second kappa shape index (κ2) is 6.43. The van der Waals surface area contributed by atoms with Crippen molar-refractivity contribution in [2.75, 3.05) is 6.54 Å². The first-order chi connectivity index (χ1) is 10.2. The smallest absolute Gasteiger partial charge is 0.129 e. The maximum atomic E-state index is 14.2. The number of halogens is 2. The van der Waals surface area contributed by atoms with E-state index in [1.807, 2.05) is 0 Å². The Hall–Kier alpha value is -0.960. The molecule has 0 amide bonds. The molecule has 0 aromatic heterocycles. The fourth-order valence-corrected chi connectivity index (χ4v) is 3.76. The van der Waals surface area contributed by atoms with E-state index in [1.54, 1.807) is 0 Å². The molecule has 3 atom stereocenters. The Bertz CT molecular complexity index is 464. The van der Waals surface area contributed by atoms with E-state index in [0.29, 0.717) is 23.4 Å². The summed E-state index contributed by atoms with van der Waals surface area (Å²) in [6, 6.07) is 4.92. The Morgan fingerprint density at radius 3 is 2.43 bits per heavy atom. The molecule has 1 aromatic carbocycles. The van der Waals surface area contributed by atoms with Gasteiger partial charge < -0.3 is 5.32 Å². The molecule has 3 rings (SSSR count). The average molecular weight is 293 g/mol. The van der Waals surface area contributed by atoms with Gasteiger partial charge in [0.25, 0.3) is 0 Å². The van der Waals surface area contributed by atoms with E-state index in [2.05, 4.69) is 12.2 Å². The molecule has 1 nitrogen and oxygen atoms in total. The first-order valence-electron chi connectivity index (χ1n) is 8.36. The molecule has 0 heterocycles. The quantitative estimate of drug-likeness (QED) is 0.835. The third kappa shape index (κ3) is 3.45. The summed E-state index contributed by atoms with van der Waals surface area (Å²) in [5.74, 6) is 0.253. The van der Waals surface area contributed by atoms with E-state index in [-0.39, 0.29) is 17.6 Å².